The van der Waals surface area contributed by atoms with Gasteiger partial charge in [-0.25, -0.2) is 0 Å². The summed E-state index contributed by atoms with van der Waals surface area (Å²) >= 11 is 0. The van der Waals surface area contributed by atoms with Crippen LogP contribution < -0.4 is 16.0 Å². The Morgan fingerprint density at radius 2 is 1.67 bits per heavy atom. The summed E-state index contributed by atoms with van der Waals surface area (Å²) in [6.45, 7) is 4.00. The minimum Gasteiger partial charge on any atom is -0.355 e. The van der Waals surface area contributed by atoms with Gasteiger partial charge in [-0.2, -0.15) is 0 Å². The molecule has 1 aromatic rings. The number of rotatable bonds is 7. The third-order valence-electron chi connectivity index (χ3n) is 2.66. The number of hydrogen-bond acceptors (Lipinski definition) is 3. The van der Waals surface area contributed by atoms with E-state index in [-0.39, 0.29) is 30.7 Å². The van der Waals surface area contributed by atoms with E-state index >= 15 is 0 Å². The number of hydrogen-bond donors (Lipinski definition) is 3. The van der Waals surface area contributed by atoms with E-state index in [0.717, 1.165) is 12.0 Å². The summed E-state index contributed by atoms with van der Waals surface area (Å²) in [5.41, 5.74) is 1.50. The number of carbonyl (C=O) groups is 3. The molecule has 0 spiro atoms. The molecule has 6 heteroatoms. The van der Waals surface area contributed by atoms with Gasteiger partial charge < -0.3 is 16.0 Å². The number of benzene rings is 1. The molecule has 0 aromatic heterocycles. The summed E-state index contributed by atoms with van der Waals surface area (Å²) in [6.07, 6.45) is 1.06. The molecular weight excluding hydrogens is 270 g/mol. The van der Waals surface area contributed by atoms with Crippen LogP contribution in [0.5, 0.6) is 0 Å². The summed E-state index contributed by atoms with van der Waals surface area (Å²) in [7, 11) is 0. The average molecular weight is 291 g/mol. The molecule has 21 heavy (non-hydrogen) atoms. The van der Waals surface area contributed by atoms with Gasteiger partial charge in [0.2, 0.25) is 17.7 Å². The number of amides is 3. The minimum atomic E-state index is -0.214. The van der Waals surface area contributed by atoms with Crippen molar-refractivity contribution in [2.24, 2.45) is 0 Å². The molecule has 0 saturated carbocycles. The van der Waals surface area contributed by atoms with Crippen molar-refractivity contribution in [1.82, 2.24) is 10.6 Å². The quantitative estimate of drug-likeness (QED) is 0.695. The van der Waals surface area contributed by atoms with Crippen molar-refractivity contribution >= 4 is 23.4 Å². The van der Waals surface area contributed by atoms with Gasteiger partial charge in [-0.1, -0.05) is 19.1 Å². The molecule has 3 amide bonds. The Labute approximate surface area is 124 Å². The molecule has 6 nitrogen and oxygen atoms in total. The highest BCUT2D eigenvalue weighted by molar-refractivity contribution is 5.89. The Morgan fingerprint density at radius 3 is 2.24 bits per heavy atom. The maximum absolute atomic E-state index is 11.7. The van der Waals surface area contributed by atoms with Crippen LogP contribution in [-0.2, 0) is 20.8 Å². The average Bonchev–Trinajstić information content (AvgIpc) is 2.44. The molecule has 0 atom stereocenters. The second-order valence-corrected chi connectivity index (χ2v) is 4.68. The molecular formula is C15H21N3O3. The van der Waals surface area contributed by atoms with E-state index in [4.69, 9.17) is 0 Å². The van der Waals surface area contributed by atoms with Gasteiger partial charge in [0.05, 0.1) is 13.0 Å². The molecule has 0 aliphatic heterocycles. The number of nitrogens with one attached hydrogen (secondary N) is 3. The lowest BCUT2D eigenvalue weighted by Gasteiger charge is -2.07. The topological polar surface area (TPSA) is 87.3 Å². The fourth-order valence-electron chi connectivity index (χ4n) is 1.66. The first kappa shape index (κ1) is 16.7. The third-order valence-corrected chi connectivity index (χ3v) is 2.66. The van der Waals surface area contributed by atoms with Gasteiger partial charge >= 0.3 is 0 Å². The second kappa shape index (κ2) is 8.73. The summed E-state index contributed by atoms with van der Waals surface area (Å²) < 4.78 is 0. The molecule has 0 aliphatic carbocycles. The van der Waals surface area contributed by atoms with E-state index in [2.05, 4.69) is 16.0 Å². The Morgan fingerprint density at radius 1 is 1.00 bits per heavy atom. The first-order valence-electron chi connectivity index (χ1n) is 6.91. The normalized spacial score (nSPS) is 9.81. The number of carbonyl (C=O) groups excluding carboxylic acids is 3. The van der Waals surface area contributed by atoms with Crippen molar-refractivity contribution in [1.29, 1.82) is 0 Å². The van der Waals surface area contributed by atoms with Crippen LogP contribution in [0.1, 0.15) is 25.8 Å². The van der Waals surface area contributed by atoms with Crippen molar-refractivity contribution in [3.63, 3.8) is 0 Å². The zero-order valence-corrected chi connectivity index (χ0v) is 12.4. The second-order valence-electron chi connectivity index (χ2n) is 4.68. The predicted molar refractivity (Wildman–Crippen MR) is 80.8 cm³/mol. The Balaban J connectivity index is 2.37. The molecule has 0 saturated heterocycles. The third kappa shape index (κ3) is 7.10. The van der Waals surface area contributed by atoms with Crippen LogP contribution in [0.2, 0.25) is 0 Å². The maximum atomic E-state index is 11.7. The van der Waals surface area contributed by atoms with Crippen LogP contribution in [0, 0.1) is 0 Å². The van der Waals surface area contributed by atoms with E-state index in [1.807, 2.05) is 6.92 Å². The highest BCUT2D eigenvalue weighted by Crippen LogP contribution is 2.09. The highest BCUT2D eigenvalue weighted by atomic mass is 16.2. The van der Waals surface area contributed by atoms with E-state index < -0.39 is 0 Å². The van der Waals surface area contributed by atoms with Crippen molar-refractivity contribution in [2.45, 2.75) is 26.7 Å². The van der Waals surface area contributed by atoms with Gasteiger partial charge in [-0.15, -0.1) is 0 Å². The summed E-state index contributed by atoms with van der Waals surface area (Å²) in [5, 5.41) is 7.90. The van der Waals surface area contributed by atoms with Crippen LogP contribution in [0.25, 0.3) is 0 Å². The van der Waals surface area contributed by atoms with E-state index in [9.17, 15) is 14.4 Å². The van der Waals surface area contributed by atoms with E-state index in [0.29, 0.717) is 12.2 Å². The monoisotopic (exact) mass is 291 g/mol. The molecule has 1 rings (SSSR count). The molecule has 114 valence electrons. The van der Waals surface area contributed by atoms with Gasteiger partial charge in [0, 0.05) is 19.2 Å². The lowest BCUT2D eigenvalue weighted by molar-refractivity contribution is -0.125. The molecule has 0 fully saturated rings. The number of anilines is 1. The fourth-order valence-corrected chi connectivity index (χ4v) is 1.66. The lowest BCUT2D eigenvalue weighted by atomic mass is 10.1. The van der Waals surface area contributed by atoms with Gasteiger partial charge in [-0.3, -0.25) is 14.4 Å². The Kier molecular flexibility index (Phi) is 6.94. The van der Waals surface area contributed by atoms with Gasteiger partial charge in [0.25, 0.3) is 0 Å². The van der Waals surface area contributed by atoms with Crippen molar-refractivity contribution in [3.05, 3.63) is 29.8 Å². The largest absolute Gasteiger partial charge is 0.355 e. The molecule has 3 N–H and O–H groups in total. The van der Waals surface area contributed by atoms with E-state index in [1.54, 1.807) is 24.3 Å². The summed E-state index contributed by atoms with van der Waals surface area (Å²) in [4.78, 5) is 33.9. The van der Waals surface area contributed by atoms with Crippen LogP contribution in [0.4, 0.5) is 5.69 Å². The molecule has 0 unspecified atom stereocenters. The van der Waals surface area contributed by atoms with Gasteiger partial charge in [-0.05, 0) is 24.1 Å². The molecule has 1 aromatic carbocycles. The lowest BCUT2D eigenvalue weighted by Crippen LogP contribution is -2.37. The Bertz CT molecular complexity index is 497. The first-order chi connectivity index (χ1) is 10.0. The molecule has 0 radical (unpaired) electrons. The van der Waals surface area contributed by atoms with Crippen molar-refractivity contribution in [2.75, 3.05) is 18.4 Å². The van der Waals surface area contributed by atoms with Crippen molar-refractivity contribution in [3.8, 4) is 0 Å². The maximum Gasteiger partial charge on any atom is 0.239 e. The van der Waals surface area contributed by atoms with Crippen molar-refractivity contribution < 1.29 is 14.4 Å². The SMILES string of the molecule is CCCNC(=O)CNC(=O)Cc1ccc(NC(C)=O)cc1. The zero-order chi connectivity index (χ0) is 15.7. The van der Waals surface area contributed by atoms with Crippen LogP contribution in [0.15, 0.2) is 24.3 Å². The minimum absolute atomic E-state index is 0.0111. The van der Waals surface area contributed by atoms with Gasteiger partial charge in [0.1, 0.15) is 0 Å². The predicted octanol–water partition coefficient (Wildman–Crippen LogP) is 0.830. The smallest absolute Gasteiger partial charge is 0.239 e. The molecule has 0 heterocycles. The highest BCUT2D eigenvalue weighted by Gasteiger charge is 2.06. The zero-order valence-electron chi connectivity index (χ0n) is 12.4. The molecule has 0 bridgehead atoms. The van der Waals surface area contributed by atoms with Crippen LogP contribution in [0.3, 0.4) is 0 Å². The summed E-state index contributed by atoms with van der Waals surface area (Å²) in [6, 6.07) is 7.00. The Hall–Kier alpha value is -2.37. The van der Waals surface area contributed by atoms with E-state index in [1.165, 1.54) is 6.92 Å². The summed E-state index contributed by atoms with van der Waals surface area (Å²) in [5.74, 6) is -0.543. The van der Waals surface area contributed by atoms with Gasteiger partial charge in [0.15, 0.2) is 0 Å². The fraction of sp³-hybridized carbons (Fsp3) is 0.400. The standard InChI is InChI=1S/C15H21N3O3/c1-3-8-16-15(21)10-17-14(20)9-12-4-6-13(7-5-12)18-11(2)19/h4-7H,3,8-10H2,1-2H3,(H,16,21)(H,17,20)(H,18,19). The van der Waals surface area contributed by atoms with Crippen LogP contribution >= 0.6 is 0 Å². The van der Waals surface area contributed by atoms with Crippen LogP contribution in [-0.4, -0.2) is 30.8 Å². The first-order valence-corrected chi connectivity index (χ1v) is 6.91. The molecule has 0 aliphatic rings.